The largest absolute Gasteiger partial charge is 0.462 e. The van der Waals surface area contributed by atoms with Crippen molar-refractivity contribution in [1.82, 2.24) is 14.3 Å². The van der Waals surface area contributed by atoms with Gasteiger partial charge in [-0.15, -0.1) is 0 Å². The fourth-order valence-electron chi connectivity index (χ4n) is 2.81. The van der Waals surface area contributed by atoms with Gasteiger partial charge in [0.2, 0.25) is 0 Å². The topological polar surface area (TPSA) is 107 Å². The number of hydrogen-bond acceptors (Lipinski definition) is 6. The van der Waals surface area contributed by atoms with Gasteiger partial charge >= 0.3 is 5.97 Å². The lowest BCUT2D eigenvalue weighted by Crippen LogP contribution is -2.30. The van der Waals surface area contributed by atoms with Crippen LogP contribution in [0.1, 0.15) is 39.2 Å². The first-order valence-electron chi connectivity index (χ1n) is 9.32. The summed E-state index contributed by atoms with van der Waals surface area (Å²) in [5.74, 6) is -0.810. The summed E-state index contributed by atoms with van der Waals surface area (Å²) < 4.78 is 33.3. The minimum Gasteiger partial charge on any atom is -0.462 e. The number of halogens is 1. The summed E-state index contributed by atoms with van der Waals surface area (Å²) in [6.45, 7) is 3.94. The van der Waals surface area contributed by atoms with Gasteiger partial charge in [-0.25, -0.2) is 22.9 Å². The Hall–Kier alpha value is -3.17. The van der Waals surface area contributed by atoms with Gasteiger partial charge in [-0.2, -0.15) is 0 Å². The van der Waals surface area contributed by atoms with E-state index in [4.69, 9.17) is 16.3 Å². The van der Waals surface area contributed by atoms with Gasteiger partial charge in [-0.1, -0.05) is 35.9 Å². The van der Waals surface area contributed by atoms with Crippen LogP contribution >= 0.6 is 11.6 Å². The molecule has 0 bridgehead atoms. The summed E-state index contributed by atoms with van der Waals surface area (Å²) in [7, 11) is -4.01. The Kier molecular flexibility index (Phi) is 6.77. The third kappa shape index (κ3) is 5.31. The highest BCUT2D eigenvalue weighted by Gasteiger charge is 2.21. The number of carbonyl (C=O) groups excluding carboxylic acids is 2. The van der Waals surface area contributed by atoms with E-state index in [-0.39, 0.29) is 23.7 Å². The van der Waals surface area contributed by atoms with E-state index in [0.717, 1.165) is 0 Å². The number of amides is 1. The summed E-state index contributed by atoms with van der Waals surface area (Å²) in [5.41, 5.74) is 0.986. The van der Waals surface area contributed by atoms with E-state index in [1.54, 1.807) is 48.7 Å². The van der Waals surface area contributed by atoms with Gasteiger partial charge in [0.1, 0.15) is 11.5 Å². The zero-order chi connectivity index (χ0) is 22.6. The number of benzene rings is 2. The molecular weight excluding hydrogens is 442 g/mol. The third-order valence-electron chi connectivity index (χ3n) is 4.39. The molecule has 3 aromatic rings. The maximum Gasteiger partial charge on any atom is 0.338 e. The number of carbonyl (C=O) groups is 2. The molecular formula is C21H20ClN3O5S. The second-order valence-electron chi connectivity index (χ2n) is 6.58. The van der Waals surface area contributed by atoms with Crippen molar-refractivity contribution in [1.29, 1.82) is 0 Å². The number of nitrogens with zero attached hydrogens (tertiary/aromatic N) is 2. The normalized spacial score (nSPS) is 11.2. The van der Waals surface area contributed by atoms with E-state index in [0.29, 0.717) is 22.0 Å². The number of ether oxygens (including phenoxy) is 1. The van der Waals surface area contributed by atoms with Crippen molar-refractivity contribution in [3.05, 3.63) is 82.4 Å². The van der Waals surface area contributed by atoms with Crippen LogP contribution in [0.25, 0.3) is 0 Å². The molecule has 8 nitrogen and oxygen atoms in total. The van der Waals surface area contributed by atoms with Gasteiger partial charge in [0.15, 0.2) is 0 Å². The first-order chi connectivity index (χ1) is 14.7. The van der Waals surface area contributed by atoms with Crippen LogP contribution in [0.5, 0.6) is 0 Å². The maximum absolute atomic E-state index is 12.5. The first-order valence-corrected chi connectivity index (χ1v) is 11.2. The van der Waals surface area contributed by atoms with Crippen molar-refractivity contribution in [2.24, 2.45) is 0 Å². The maximum atomic E-state index is 12.5. The number of imidazole rings is 1. The van der Waals surface area contributed by atoms with Crippen molar-refractivity contribution >= 4 is 33.5 Å². The van der Waals surface area contributed by atoms with Crippen molar-refractivity contribution < 1.29 is 22.7 Å². The molecule has 0 aliphatic carbocycles. The second-order valence-corrected chi connectivity index (χ2v) is 8.67. The molecule has 10 heteroatoms. The molecule has 0 spiro atoms. The molecule has 0 unspecified atom stereocenters. The number of aryl methyl sites for hydroxylation is 1. The number of rotatable bonds is 7. The van der Waals surface area contributed by atoms with E-state index in [1.807, 2.05) is 4.72 Å². The average molecular weight is 462 g/mol. The lowest BCUT2D eigenvalue weighted by atomic mass is 10.1. The zero-order valence-corrected chi connectivity index (χ0v) is 18.4. The standard InChI is InChI=1S/C21H20ClN3O5S/c1-3-30-21(27)15-9-10-16(18(22)11-15)12-25-13-19(23-14(25)2)20(26)24-31(28,29)17-7-5-4-6-8-17/h4-11,13H,3,12H2,1-2H3,(H,24,26). The highest BCUT2D eigenvalue weighted by atomic mass is 35.5. The Morgan fingerprint density at radius 2 is 1.87 bits per heavy atom. The number of sulfonamides is 1. The summed E-state index contributed by atoms with van der Waals surface area (Å²) in [6.07, 6.45) is 1.45. The Balaban J connectivity index is 1.77. The zero-order valence-electron chi connectivity index (χ0n) is 16.8. The Morgan fingerprint density at radius 3 is 2.52 bits per heavy atom. The summed E-state index contributed by atoms with van der Waals surface area (Å²) in [4.78, 5) is 28.4. The van der Waals surface area contributed by atoms with Crippen LogP contribution in [0.15, 0.2) is 59.6 Å². The first kappa shape index (κ1) is 22.5. The molecule has 31 heavy (non-hydrogen) atoms. The monoisotopic (exact) mass is 461 g/mol. The van der Waals surface area contributed by atoms with E-state index in [2.05, 4.69) is 4.98 Å². The minimum atomic E-state index is -4.01. The molecule has 3 rings (SSSR count). The molecule has 0 saturated carbocycles. The van der Waals surface area contributed by atoms with Gasteiger partial charge in [-0.05, 0) is 43.7 Å². The molecule has 162 valence electrons. The van der Waals surface area contributed by atoms with Gasteiger partial charge in [0.05, 0.1) is 23.6 Å². The lowest BCUT2D eigenvalue weighted by molar-refractivity contribution is 0.0526. The average Bonchev–Trinajstić information content (AvgIpc) is 3.10. The highest BCUT2D eigenvalue weighted by molar-refractivity contribution is 7.90. The molecule has 0 aliphatic heterocycles. The fourth-order valence-corrected chi connectivity index (χ4v) is 4.03. The highest BCUT2D eigenvalue weighted by Crippen LogP contribution is 2.21. The second kappa shape index (κ2) is 9.32. The smallest absolute Gasteiger partial charge is 0.338 e. The predicted molar refractivity (Wildman–Crippen MR) is 115 cm³/mol. The number of hydrogen-bond donors (Lipinski definition) is 1. The van der Waals surface area contributed by atoms with Crippen LogP contribution in [-0.2, 0) is 21.3 Å². The Bertz CT molecular complexity index is 1220. The van der Waals surface area contributed by atoms with Crippen LogP contribution in [0, 0.1) is 6.92 Å². The molecule has 1 aromatic heterocycles. The van der Waals surface area contributed by atoms with Crippen molar-refractivity contribution in [3.63, 3.8) is 0 Å². The minimum absolute atomic E-state index is 0.0204. The van der Waals surface area contributed by atoms with Gasteiger partial charge in [-0.3, -0.25) is 4.79 Å². The summed E-state index contributed by atoms with van der Waals surface area (Å²) in [5, 5.41) is 0.358. The number of esters is 1. The summed E-state index contributed by atoms with van der Waals surface area (Å²) >= 11 is 6.30. The molecule has 0 aliphatic rings. The van der Waals surface area contributed by atoms with E-state index < -0.39 is 21.9 Å². The van der Waals surface area contributed by atoms with Crippen LogP contribution in [-0.4, -0.2) is 36.5 Å². The van der Waals surface area contributed by atoms with Crippen molar-refractivity contribution in [2.75, 3.05) is 6.61 Å². The summed E-state index contributed by atoms with van der Waals surface area (Å²) in [6, 6.07) is 12.4. The van der Waals surface area contributed by atoms with Crippen LogP contribution in [0.2, 0.25) is 5.02 Å². The molecule has 0 atom stereocenters. The Morgan fingerprint density at radius 1 is 1.16 bits per heavy atom. The third-order valence-corrected chi connectivity index (χ3v) is 6.09. The SMILES string of the molecule is CCOC(=O)c1ccc(Cn2cc(C(=O)NS(=O)(=O)c3ccccc3)nc2C)c(Cl)c1. The molecule has 2 aromatic carbocycles. The molecule has 0 saturated heterocycles. The van der Waals surface area contributed by atoms with Crippen molar-refractivity contribution in [3.8, 4) is 0 Å². The molecule has 1 amide bonds. The van der Waals surface area contributed by atoms with E-state index in [1.165, 1.54) is 24.4 Å². The Labute approximate surface area is 184 Å². The predicted octanol–water partition coefficient (Wildman–Crippen LogP) is 3.19. The molecule has 0 radical (unpaired) electrons. The van der Waals surface area contributed by atoms with Crippen molar-refractivity contribution in [2.45, 2.75) is 25.3 Å². The fraction of sp³-hybridized carbons (Fsp3) is 0.190. The van der Waals surface area contributed by atoms with Crippen LogP contribution in [0.4, 0.5) is 0 Å². The van der Waals surface area contributed by atoms with E-state index in [9.17, 15) is 18.0 Å². The number of aromatic nitrogens is 2. The van der Waals surface area contributed by atoms with Crippen LogP contribution in [0.3, 0.4) is 0 Å². The van der Waals surface area contributed by atoms with Gasteiger partial charge in [0, 0.05) is 11.2 Å². The molecule has 0 fully saturated rings. The lowest BCUT2D eigenvalue weighted by Gasteiger charge is -2.09. The number of nitrogens with one attached hydrogen (secondary N) is 1. The van der Waals surface area contributed by atoms with Gasteiger partial charge < -0.3 is 9.30 Å². The molecule has 1 N–H and O–H groups in total. The molecule has 1 heterocycles. The van der Waals surface area contributed by atoms with Gasteiger partial charge in [0.25, 0.3) is 15.9 Å². The van der Waals surface area contributed by atoms with Crippen LogP contribution < -0.4 is 4.72 Å². The quantitative estimate of drug-likeness (QED) is 0.541. The van der Waals surface area contributed by atoms with E-state index >= 15 is 0 Å².